The number of sulfonamides is 1. The van der Waals surface area contributed by atoms with Crippen LogP contribution in [0.4, 0.5) is 5.69 Å². The summed E-state index contributed by atoms with van der Waals surface area (Å²) in [4.78, 5) is 12.9. The second-order valence-corrected chi connectivity index (χ2v) is 8.17. The number of ether oxygens (including phenoxy) is 1. The van der Waals surface area contributed by atoms with Crippen molar-refractivity contribution in [2.45, 2.75) is 37.0 Å². The molecule has 0 spiro atoms. The summed E-state index contributed by atoms with van der Waals surface area (Å²) >= 11 is 0. The van der Waals surface area contributed by atoms with Gasteiger partial charge in [0.15, 0.2) is 0 Å². The number of benzene rings is 1. The molecule has 148 valence electrons. The van der Waals surface area contributed by atoms with Crippen LogP contribution in [0.25, 0.3) is 0 Å². The maximum atomic E-state index is 12.8. The average Bonchev–Trinajstić information content (AvgIpc) is 3.09. The molecule has 0 aliphatic heterocycles. The molecule has 1 amide bonds. The van der Waals surface area contributed by atoms with Crippen molar-refractivity contribution in [3.05, 3.63) is 24.3 Å². The summed E-state index contributed by atoms with van der Waals surface area (Å²) in [5.74, 6) is -0.0634. The lowest BCUT2D eigenvalue weighted by atomic mass is 9.82. The lowest BCUT2D eigenvalue weighted by molar-refractivity contribution is -0.126. The molecule has 1 aliphatic rings. The Morgan fingerprint density at radius 2 is 2.00 bits per heavy atom. The van der Waals surface area contributed by atoms with Gasteiger partial charge >= 0.3 is 0 Å². The molecular weight excluding hydrogens is 378 g/mol. The second-order valence-electron chi connectivity index (χ2n) is 6.40. The number of hydrogen-bond donors (Lipinski definition) is 3. The van der Waals surface area contributed by atoms with E-state index in [0.29, 0.717) is 18.7 Å². The fraction of sp³-hybridized carbons (Fsp3) is 0.588. The fourth-order valence-electron chi connectivity index (χ4n) is 3.22. The molecule has 1 aromatic rings. The Balaban J connectivity index is 0.00000338. The standard InChI is InChI=1S/C17H27N3O4S.ClH/c1-24-12-9-17(7-2-3-8-17)16(21)20-14-5-4-6-15(13-14)25(22,23)19-11-10-18;/h4-6,13,19H,2-3,7-12,18H2,1H3,(H,20,21);1H. The van der Waals surface area contributed by atoms with Crippen molar-refractivity contribution in [3.63, 3.8) is 0 Å². The van der Waals surface area contributed by atoms with Crippen LogP contribution in [0.2, 0.25) is 0 Å². The molecule has 7 nitrogen and oxygen atoms in total. The van der Waals surface area contributed by atoms with Crippen molar-refractivity contribution in [2.24, 2.45) is 11.1 Å². The average molecular weight is 406 g/mol. The third-order valence-corrected chi connectivity index (χ3v) is 6.12. The number of methoxy groups -OCH3 is 1. The van der Waals surface area contributed by atoms with Crippen molar-refractivity contribution in [3.8, 4) is 0 Å². The minimum atomic E-state index is -3.63. The summed E-state index contributed by atoms with van der Waals surface area (Å²) in [7, 11) is -2.00. The fourth-order valence-corrected chi connectivity index (χ4v) is 4.31. The smallest absolute Gasteiger partial charge is 0.240 e. The van der Waals surface area contributed by atoms with Crippen molar-refractivity contribution in [1.29, 1.82) is 0 Å². The lowest BCUT2D eigenvalue weighted by Gasteiger charge is -2.27. The van der Waals surface area contributed by atoms with Crippen molar-refractivity contribution < 1.29 is 17.9 Å². The third-order valence-electron chi connectivity index (χ3n) is 4.67. The number of hydrogen-bond acceptors (Lipinski definition) is 5. The van der Waals surface area contributed by atoms with E-state index in [4.69, 9.17) is 10.5 Å². The summed E-state index contributed by atoms with van der Waals surface area (Å²) < 4.78 is 32.0. The SMILES string of the molecule is COCCC1(C(=O)Nc2cccc(S(=O)(=O)NCCN)c2)CCCC1.Cl. The highest BCUT2D eigenvalue weighted by Gasteiger charge is 2.40. The number of rotatable bonds is 9. The number of nitrogens with one attached hydrogen (secondary N) is 2. The van der Waals surface area contributed by atoms with Gasteiger partial charge in [-0.25, -0.2) is 13.1 Å². The van der Waals surface area contributed by atoms with Crippen LogP contribution in [0, 0.1) is 5.41 Å². The van der Waals surface area contributed by atoms with Gasteiger partial charge in [-0.15, -0.1) is 12.4 Å². The first kappa shape index (κ1) is 22.9. The Hall–Kier alpha value is -1.19. The van der Waals surface area contributed by atoms with Gasteiger partial charge in [0.25, 0.3) is 0 Å². The first-order chi connectivity index (χ1) is 11.9. The second kappa shape index (κ2) is 10.2. The van der Waals surface area contributed by atoms with E-state index in [1.54, 1.807) is 19.2 Å². The summed E-state index contributed by atoms with van der Waals surface area (Å²) in [6.45, 7) is 0.918. The molecule has 0 heterocycles. The van der Waals surface area contributed by atoms with Crippen LogP contribution in [0.1, 0.15) is 32.1 Å². The van der Waals surface area contributed by atoms with E-state index in [2.05, 4.69) is 10.0 Å². The van der Waals surface area contributed by atoms with Gasteiger partial charge in [-0.2, -0.15) is 0 Å². The number of amides is 1. The zero-order chi connectivity index (χ0) is 18.3. The van der Waals surface area contributed by atoms with Crippen LogP contribution in [-0.2, 0) is 19.6 Å². The van der Waals surface area contributed by atoms with Gasteiger partial charge in [-0.05, 0) is 37.5 Å². The predicted molar refractivity (Wildman–Crippen MR) is 104 cm³/mol. The Bertz CT molecular complexity index is 691. The molecule has 1 saturated carbocycles. The molecule has 1 aliphatic carbocycles. The molecule has 0 atom stereocenters. The number of halogens is 1. The molecule has 26 heavy (non-hydrogen) atoms. The number of nitrogens with two attached hydrogens (primary N) is 1. The van der Waals surface area contributed by atoms with Gasteiger partial charge in [0.1, 0.15) is 0 Å². The van der Waals surface area contributed by atoms with Crippen LogP contribution in [0.3, 0.4) is 0 Å². The largest absolute Gasteiger partial charge is 0.385 e. The van der Waals surface area contributed by atoms with Crippen molar-refractivity contribution >= 4 is 34.0 Å². The highest BCUT2D eigenvalue weighted by Crippen LogP contribution is 2.42. The van der Waals surface area contributed by atoms with E-state index in [-0.39, 0.29) is 36.3 Å². The topological polar surface area (TPSA) is 111 Å². The summed E-state index contributed by atoms with van der Waals surface area (Å²) in [5, 5.41) is 2.89. The highest BCUT2D eigenvalue weighted by molar-refractivity contribution is 7.89. The van der Waals surface area contributed by atoms with Crippen LogP contribution in [0.5, 0.6) is 0 Å². The van der Waals surface area contributed by atoms with E-state index in [9.17, 15) is 13.2 Å². The van der Waals surface area contributed by atoms with Gasteiger partial charge < -0.3 is 15.8 Å². The Labute approximate surface area is 161 Å². The molecule has 0 radical (unpaired) electrons. The molecule has 4 N–H and O–H groups in total. The Morgan fingerprint density at radius 3 is 2.62 bits per heavy atom. The monoisotopic (exact) mass is 405 g/mol. The molecular formula is C17H28ClN3O4S. The first-order valence-electron chi connectivity index (χ1n) is 8.54. The van der Waals surface area contributed by atoms with E-state index in [0.717, 1.165) is 25.7 Å². The Morgan fingerprint density at radius 1 is 1.31 bits per heavy atom. The minimum absolute atomic E-state index is 0. The van der Waals surface area contributed by atoms with E-state index in [1.807, 2.05) is 0 Å². The predicted octanol–water partition coefficient (Wildman–Crippen LogP) is 1.88. The quantitative estimate of drug-likeness (QED) is 0.581. The van der Waals surface area contributed by atoms with Crippen molar-refractivity contribution in [2.75, 3.05) is 32.1 Å². The Kier molecular flexibility index (Phi) is 8.99. The van der Waals surface area contributed by atoms with E-state index in [1.165, 1.54) is 12.1 Å². The van der Waals surface area contributed by atoms with Crippen LogP contribution >= 0.6 is 12.4 Å². The zero-order valence-corrected chi connectivity index (χ0v) is 16.6. The summed E-state index contributed by atoms with van der Waals surface area (Å²) in [6.07, 6.45) is 4.38. The van der Waals surface area contributed by atoms with Crippen LogP contribution in [-0.4, -0.2) is 41.1 Å². The third kappa shape index (κ3) is 5.65. The highest BCUT2D eigenvalue weighted by atomic mass is 35.5. The summed E-state index contributed by atoms with van der Waals surface area (Å²) in [6, 6.07) is 6.27. The minimum Gasteiger partial charge on any atom is -0.385 e. The van der Waals surface area contributed by atoms with Gasteiger partial charge in [-0.1, -0.05) is 18.9 Å². The van der Waals surface area contributed by atoms with Gasteiger partial charge in [0.2, 0.25) is 15.9 Å². The molecule has 0 bridgehead atoms. The zero-order valence-electron chi connectivity index (χ0n) is 15.0. The van der Waals surface area contributed by atoms with Gasteiger partial charge in [0.05, 0.1) is 10.3 Å². The molecule has 1 fully saturated rings. The number of carbonyl (C=O) groups excluding carboxylic acids is 1. The molecule has 0 unspecified atom stereocenters. The lowest BCUT2D eigenvalue weighted by Crippen LogP contribution is -2.35. The van der Waals surface area contributed by atoms with E-state index >= 15 is 0 Å². The van der Waals surface area contributed by atoms with Crippen LogP contribution < -0.4 is 15.8 Å². The summed E-state index contributed by atoms with van der Waals surface area (Å²) in [5.41, 5.74) is 5.39. The maximum absolute atomic E-state index is 12.8. The first-order valence-corrected chi connectivity index (χ1v) is 10.0. The number of anilines is 1. The normalized spacial score (nSPS) is 16.1. The molecule has 0 aromatic heterocycles. The van der Waals surface area contributed by atoms with Gasteiger partial charge in [-0.3, -0.25) is 4.79 Å². The van der Waals surface area contributed by atoms with Crippen LogP contribution in [0.15, 0.2) is 29.2 Å². The van der Waals surface area contributed by atoms with Crippen molar-refractivity contribution in [1.82, 2.24) is 4.72 Å². The van der Waals surface area contributed by atoms with E-state index < -0.39 is 15.4 Å². The number of carbonyl (C=O) groups is 1. The maximum Gasteiger partial charge on any atom is 0.240 e. The molecule has 2 rings (SSSR count). The van der Waals surface area contributed by atoms with Gasteiger partial charge in [0, 0.05) is 32.5 Å². The molecule has 0 saturated heterocycles. The molecule has 1 aromatic carbocycles. The molecule has 9 heteroatoms.